The van der Waals surface area contributed by atoms with Gasteiger partial charge in [-0.05, 0) is 0 Å². The molecular weight excluding hydrogens is 146 g/mol. The van der Waals surface area contributed by atoms with Crippen molar-refractivity contribution >= 4 is 5.78 Å². The SMILES string of the molecule is COC[C@H](N)C(=O)C(C)C.O.[HH]. The van der Waals surface area contributed by atoms with E-state index in [-0.39, 0.29) is 18.6 Å². The first kappa shape index (κ1) is 13.2. The first-order valence-electron chi connectivity index (χ1n) is 3.37. The molecule has 0 saturated heterocycles. The molecule has 1 atom stereocenters. The maximum atomic E-state index is 11.0. The Labute approximate surface area is 68.5 Å². The highest BCUT2D eigenvalue weighted by Gasteiger charge is 2.15. The smallest absolute Gasteiger partial charge is 0.154 e. The average molecular weight is 165 g/mol. The standard InChI is InChI=1S/C7H15NO2.H2O.H2/c1-5(2)7(9)6(8)4-10-3;;/h5-6H,4,8H2,1-3H3;1H2;1H/t6-;;/m0../s1. The van der Waals surface area contributed by atoms with Gasteiger partial charge in [0.2, 0.25) is 0 Å². The summed E-state index contributed by atoms with van der Waals surface area (Å²) in [6.07, 6.45) is 0. The second-order valence-electron chi connectivity index (χ2n) is 2.62. The molecule has 0 radical (unpaired) electrons. The Balaban J connectivity index is -0.000000405. The van der Waals surface area contributed by atoms with Gasteiger partial charge in [-0.2, -0.15) is 0 Å². The molecule has 0 aliphatic carbocycles. The van der Waals surface area contributed by atoms with Gasteiger partial charge >= 0.3 is 0 Å². The number of nitrogens with two attached hydrogens (primary N) is 1. The van der Waals surface area contributed by atoms with E-state index < -0.39 is 6.04 Å². The Morgan fingerprint density at radius 3 is 2.36 bits per heavy atom. The summed E-state index contributed by atoms with van der Waals surface area (Å²) in [6, 6.07) is -0.454. The largest absolute Gasteiger partial charge is 0.412 e. The van der Waals surface area contributed by atoms with E-state index in [4.69, 9.17) is 10.5 Å². The summed E-state index contributed by atoms with van der Waals surface area (Å²) >= 11 is 0. The fourth-order valence-corrected chi connectivity index (χ4v) is 0.690. The van der Waals surface area contributed by atoms with Crippen LogP contribution in [0.2, 0.25) is 0 Å². The summed E-state index contributed by atoms with van der Waals surface area (Å²) in [4.78, 5) is 11.0. The Hall–Kier alpha value is -0.450. The topological polar surface area (TPSA) is 83.8 Å². The van der Waals surface area contributed by atoms with Gasteiger partial charge in [0.1, 0.15) is 0 Å². The Kier molecular flexibility index (Phi) is 7.51. The van der Waals surface area contributed by atoms with Gasteiger partial charge in [-0.25, -0.2) is 0 Å². The van der Waals surface area contributed by atoms with Crippen LogP contribution in [0.1, 0.15) is 15.3 Å². The van der Waals surface area contributed by atoms with Crippen LogP contribution in [0.4, 0.5) is 0 Å². The highest BCUT2D eigenvalue weighted by Crippen LogP contribution is 1.97. The first-order chi connectivity index (χ1) is 4.59. The molecule has 11 heavy (non-hydrogen) atoms. The third kappa shape index (κ3) is 4.89. The number of carbonyl (C=O) groups is 1. The summed E-state index contributed by atoms with van der Waals surface area (Å²) in [5, 5.41) is 0. The van der Waals surface area contributed by atoms with Crippen LogP contribution in [0.25, 0.3) is 0 Å². The molecular formula is C7H19NO3. The number of hydrogen-bond acceptors (Lipinski definition) is 3. The van der Waals surface area contributed by atoms with E-state index in [1.165, 1.54) is 7.11 Å². The average Bonchev–Trinajstić information content (AvgIpc) is 1.87. The number of ether oxygens (including phenoxy) is 1. The molecule has 0 aromatic carbocycles. The maximum Gasteiger partial charge on any atom is 0.154 e. The highest BCUT2D eigenvalue weighted by molar-refractivity contribution is 5.85. The lowest BCUT2D eigenvalue weighted by atomic mass is 10.0. The molecule has 0 aliphatic heterocycles. The van der Waals surface area contributed by atoms with Gasteiger partial charge in [0, 0.05) is 14.5 Å². The summed E-state index contributed by atoms with van der Waals surface area (Å²) < 4.78 is 4.73. The van der Waals surface area contributed by atoms with Crippen LogP contribution < -0.4 is 5.73 Å². The van der Waals surface area contributed by atoms with Gasteiger partial charge in [0.15, 0.2) is 5.78 Å². The monoisotopic (exact) mass is 165 g/mol. The minimum atomic E-state index is -0.454. The van der Waals surface area contributed by atoms with Crippen LogP contribution in [0, 0.1) is 5.92 Å². The molecule has 0 aromatic heterocycles. The summed E-state index contributed by atoms with van der Waals surface area (Å²) in [6.45, 7) is 3.98. The number of carbonyl (C=O) groups excluding carboxylic acids is 1. The van der Waals surface area contributed by atoms with Crippen molar-refractivity contribution in [3.05, 3.63) is 0 Å². The lowest BCUT2D eigenvalue weighted by Gasteiger charge is -2.10. The van der Waals surface area contributed by atoms with Crippen molar-refractivity contribution in [2.75, 3.05) is 13.7 Å². The number of rotatable bonds is 4. The number of hydrogen-bond donors (Lipinski definition) is 1. The van der Waals surface area contributed by atoms with Crippen LogP contribution in [-0.4, -0.2) is 31.0 Å². The minimum absolute atomic E-state index is 0. The zero-order valence-corrected chi connectivity index (χ0v) is 7.26. The van der Waals surface area contributed by atoms with Crippen LogP contribution in [0.15, 0.2) is 0 Å². The minimum Gasteiger partial charge on any atom is -0.412 e. The molecule has 0 rings (SSSR count). The molecule has 0 spiro atoms. The van der Waals surface area contributed by atoms with Crippen molar-refractivity contribution in [1.29, 1.82) is 0 Å². The van der Waals surface area contributed by atoms with Gasteiger partial charge in [-0.15, -0.1) is 0 Å². The Morgan fingerprint density at radius 1 is 1.64 bits per heavy atom. The van der Waals surface area contributed by atoms with Crippen molar-refractivity contribution < 1.29 is 16.4 Å². The quantitative estimate of drug-likeness (QED) is 0.615. The van der Waals surface area contributed by atoms with Gasteiger partial charge in [0.05, 0.1) is 12.6 Å². The molecule has 0 bridgehead atoms. The molecule has 70 valence electrons. The summed E-state index contributed by atoms with van der Waals surface area (Å²) in [5.41, 5.74) is 5.45. The molecule has 0 unspecified atom stereocenters. The van der Waals surface area contributed by atoms with E-state index in [2.05, 4.69) is 0 Å². The Bertz CT molecular complexity index is 119. The second-order valence-corrected chi connectivity index (χ2v) is 2.62. The molecule has 0 heterocycles. The van der Waals surface area contributed by atoms with Crippen molar-refractivity contribution in [1.82, 2.24) is 0 Å². The van der Waals surface area contributed by atoms with Crippen LogP contribution in [0.5, 0.6) is 0 Å². The van der Waals surface area contributed by atoms with Crippen LogP contribution in [-0.2, 0) is 9.53 Å². The van der Waals surface area contributed by atoms with Crippen molar-refractivity contribution in [3.8, 4) is 0 Å². The van der Waals surface area contributed by atoms with E-state index >= 15 is 0 Å². The van der Waals surface area contributed by atoms with E-state index in [1.807, 2.05) is 13.8 Å². The van der Waals surface area contributed by atoms with E-state index in [0.29, 0.717) is 6.61 Å². The van der Waals surface area contributed by atoms with Crippen molar-refractivity contribution in [3.63, 3.8) is 0 Å². The van der Waals surface area contributed by atoms with Crippen molar-refractivity contribution in [2.45, 2.75) is 19.9 Å². The van der Waals surface area contributed by atoms with E-state index in [0.717, 1.165) is 0 Å². The van der Waals surface area contributed by atoms with E-state index in [9.17, 15) is 4.79 Å². The van der Waals surface area contributed by atoms with Crippen LogP contribution in [0.3, 0.4) is 0 Å². The third-order valence-electron chi connectivity index (χ3n) is 1.28. The molecule has 4 heteroatoms. The highest BCUT2D eigenvalue weighted by atomic mass is 16.5. The predicted molar refractivity (Wildman–Crippen MR) is 45.4 cm³/mol. The second kappa shape index (κ2) is 6.27. The lowest BCUT2D eigenvalue weighted by Crippen LogP contribution is -2.37. The lowest BCUT2D eigenvalue weighted by molar-refractivity contribution is -0.124. The van der Waals surface area contributed by atoms with Gasteiger partial charge < -0.3 is 15.9 Å². The maximum absolute atomic E-state index is 11.0. The molecule has 0 amide bonds. The number of ketones is 1. The van der Waals surface area contributed by atoms with E-state index in [1.54, 1.807) is 0 Å². The fourth-order valence-electron chi connectivity index (χ4n) is 0.690. The molecule has 4 N–H and O–H groups in total. The molecule has 0 aliphatic rings. The molecule has 0 saturated carbocycles. The summed E-state index contributed by atoms with van der Waals surface area (Å²) in [5.74, 6) is 0.0620. The fraction of sp³-hybridized carbons (Fsp3) is 0.857. The number of Topliss-reactive ketones (excluding diaryl/α,β-unsaturated/α-hetero) is 1. The zero-order valence-electron chi connectivity index (χ0n) is 7.26. The normalized spacial score (nSPS) is 12.5. The van der Waals surface area contributed by atoms with Gasteiger partial charge in [-0.3, -0.25) is 4.79 Å². The third-order valence-corrected chi connectivity index (χ3v) is 1.28. The number of methoxy groups -OCH3 is 1. The first-order valence-corrected chi connectivity index (χ1v) is 3.37. The molecule has 0 fully saturated rings. The summed E-state index contributed by atoms with van der Waals surface area (Å²) in [7, 11) is 1.54. The molecule has 4 nitrogen and oxygen atoms in total. The van der Waals surface area contributed by atoms with Gasteiger partial charge in [0.25, 0.3) is 0 Å². The van der Waals surface area contributed by atoms with Crippen molar-refractivity contribution in [2.24, 2.45) is 11.7 Å². The predicted octanol–water partition coefficient (Wildman–Crippen LogP) is -0.393. The van der Waals surface area contributed by atoms with Gasteiger partial charge in [-0.1, -0.05) is 13.8 Å². The Morgan fingerprint density at radius 2 is 2.09 bits per heavy atom. The van der Waals surface area contributed by atoms with Crippen LogP contribution >= 0.6 is 0 Å². The zero-order chi connectivity index (χ0) is 8.15. The molecule has 0 aromatic rings.